The molecule has 1 amide bonds. The highest BCUT2D eigenvalue weighted by atomic mass is 35.5. The minimum absolute atomic E-state index is 0.0328. The van der Waals surface area contributed by atoms with Crippen LogP contribution in [0, 0.1) is 0 Å². The predicted octanol–water partition coefficient (Wildman–Crippen LogP) is 2.08. The van der Waals surface area contributed by atoms with Gasteiger partial charge in [0, 0.05) is 6.42 Å². The van der Waals surface area contributed by atoms with E-state index in [2.05, 4.69) is 15.5 Å². The lowest BCUT2D eigenvalue weighted by molar-refractivity contribution is 0.0755. The second-order valence-electron chi connectivity index (χ2n) is 7.80. The fourth-order valence-electron chi connectivity index (χ4n) is 3.08. The van der Waals surface area contributed by atoms with Crippen molar-refractivity contribution in [1.29, 1.82) is 0 Å². The number of nitrogens with one attached hydrogen (secondary N) is 1. The molecule has 2 aliphatic heterocycles. The van der Waals surface area contributed by atoms with Crippen LogP contribution >= 0.6 is 22.9 Å². The average molecular weight is 447 g/mol. The summed E-state index contributed by atoms with van der Waals surface area (Å²) in [4.78, 5) is 23.0. The number of amidine groups is 1. The molecule has 3 rings (SSSR count). The van der Waals surface area contributed by atoms with Crippen molar-refractivity contribution in [3.63, 3.8) is 0 Å². The van der Waals surface area contributed by atoms with Gasteiger partial charge in [0.25, 0.3) is 5.91 Å². The van der Waals surface area contributed by atoms with Gasteiger partial charge in [0.2, 0.25) is 0 Å². The van der Waals surface area contributed by atoms with Gasteiger partial charge in [-0.05, 0) is 33.8 Å². The number of sulfone groups is 1. The highest BCUT2D eigenvalue weighted by Gasteiger charge is 2.50. The molecule has 0 spiro atoms. The highest BCUT2D eigenvalue weighted by molar-refractivity contribution is 7.93. The van der Waals surface area contributed by atoms with Gasteiger partial charge in [0.15, 0.2) is 9.84 Å². The molecule has 1 aromatic heterocycles. The maximum atomic E-state index is 12.7. The van der Waals surface area contributed by atoms with Crippen molar-refractivity contribution in [1.82, 2.24) is 5.32 Å². The fourth-order valence-corrected chi connectivity index (χ4v) is 6.39. The molecule has 28 heavy (non-hydrogen) atoms. The van der Waals surface area contributed by atoms with Crippen molar-refractivity contribution in [2.75, 3.05) is 12.3 Å². The minimum Gasteiger partial charge on any atom is -0.390 e. The summed E-state index contributed by atoms with van der Waals surface area (Å²) in [7, 11) is -3.56. The summed E-state index contributed by atoms with van der Waals surface area (Å²) < 4.78 is 24.2. The third kappa shape index (κ3) is 3.65. The Morgan fingerprint density at radius 1 is 1.46 bits per heavy atom. The largest absolute Gasteiger partial charge is 0.390 e. The monoisotopic (exact) mass is 446 g/mol. The van der Waals surface area contributed by atoms with Gasteiger partial charge >= 0.3 is 0 Å². The van der Waals surface area contributed by atoms with E-state index < -0.39 is 20.1 Å². The number of halogens is 1. The molecule has 0 saturated carbocycles. The van der Waals surface area contributed by atoms with Crippen LogP contribution < -0.4 is 11.1 Å². The molecule has 0 aliphatic carbocycles. The van der Waals surface area contributed by atoms with Crippen molar-refractivity contribution in [2.45, 2.75) is 50.5 Å². The molecule has 11 heteroatoms. The Labute approximate surface area is 173 Å². The SMILES string of the molecule is CC1=NOC(CNC(=O)c2cc(Cl)c([C@]3(C)CS(=O)(=O)C(C)(C)C(N)=N3)s2)C1. The van der Waals surface area contributed by atoms with Crippen molar-refractivity contribution in [2.24, 2.45) is 15.9 Å². The number of carbonyl (C=O) groups excluding carboxylic acids is 1. The van der Waals surface area contributed by atoms with Gasteiger partial charge < -0.3 is 15.9 Å². The summed E-state index contributed by atoms with van der Waals surface area (Å²) in [5.74, 6) is -0.516. The quantitative estimate of drug-likeness (QED) is 0.732. The van der Waals surface area contributed by atoms with Gasteiger partial charge in [0.05, 0.1) is 32.8 Å². The lowest BCUT2D eigenvalue weighted by Crippen LogP contribution is -2.54. The maximum absolute atomic E-state index is 12.7. The second-order valence-corrected chi connectivity index (χ2v) is 11.8. The van der Waals surface area contributed by atoms with E-state index in [4.69, 9.17) is 22.2 Å². The zero-order valence-corrected chi connectivity index (χ0v) is 18.5. The fraction of sp³-hybridized carbons (Fsp3) is 0.588. The van der Waals surface area contributed by atoms with Crippen molar-refractivity contribution < 1.29 is 18.0 Å². The predicted molar refractivity (Wildman–Crippen MR) is 111 cm³/mol. The minimum atomic E-state index is -3.56. The lowest BCUT2D eigenvalue weighted by atomic mass is 10.0. The number of nitrogens with zero attached hydrogens (tertiary/aromatic N) is 2. The van der Waals surface area contributed by atoms with E-state index in [0.29, 0.717) is 27.7 Å². The Morgan fingerprint density at radius 3 is 2.71 bits per heavy atom. The Kier molecular flexibility index (Phi) is 5.26. The van der Waals surface area contributed by atoms with E-state index in [0.717, 1.165) is 17.0 Å². The number of oxime groups is 1. The first kappa shape index (κ1) is 21.1. The van der Waals surface area contributed by atoms with Crippen LogP contribution in [-0.4, -0.2) is 49.0 Å². The number of nitrogens with two attached hydrogens (primary N) is 1. The van der Waals surface area contributed by atoms with Gasteiger partial charge in [-0.1, -0.05) is 16.8 Å². The molecule has 0 bridgehead atoms. The van der Waals surface area contributed by atoms with Gasteiger partial charge in [-0.25, -0.2) is 8.42 Å². The maximum Gasteiger partial charge on any atom is 0.261 e. The molecule has 1 unspecified atom stereocenters. The van der Waals surface area contributed by atoms with Crippen LogP contribution in [0.15, 0.2) is 16.2 Å². The first-order chi connectivity index (χ1) is 12.9. The molecule has 0 fully saturated rings. The third-order valence-electron chi connectivity index (χ3n) is 5.00. The first-order valence-electron chi connectivity index (χ1n) is 8.71. The van der Waals surface area contributed by atoms with Gasteiger partial charge in [-0.2, -0.15) is 0 Å². The van der Waals surface area contributed by atoms with E-state index in [1.54, 1.807) is 6.92 Å². The molecule has 3 heterocycles. The van der Waals surface area contributed by atoms with Crippen LogP contribution in [0.4, 0.5) is 0 Å². The van der Waals surface area contributed by atoms with Crippen LogP contribution in [0.3, 0.4) is 0 Å². The number of hydrogen-bond donors (Lipinski definition) is 2. The normalized spacial score (nSPS) is 28.2. The number of amides is 1. The van der Waals surface area contributed by atoms with E-state index in [-0.39, 0.29) is 23.6 Å². The summed E-state index contributed by atoms with van der Waals surface area (Å²) in [5, 5.41) is 6.94. The second kappa shape index (κ2) is 7.00. The summed E-state index contributed by atoms with van der Waals surface area (Å²) in [6, 6.07) is 1.53. The van der Waals surface area contributed by atoms with E-state index in [1.165, 1.54) is 19.9 Å². The molecule has 1 aromatic rings. The van der Waals surface area contributed by atoms with E-state index >= 15 is 0 Å². The highest BCUT2D eigenvalue weighted by Crippen LogP contribution is 2.43. The summed E-state index contributed by atoms with van der Waals surface area (Å²) in [6.07, 6.45) is 0.475. The number of carbonyl (C=O) groups is 1. The van der Waals surface area contributed by atoms with Crippen molar-refractivity contribution >= 4 is 50.2 Å². The molecule has 0 saturated heterocycles. The van der Waals surface area contributed by atoms with Crippen LogP contribution in [-0.2, 0) is 20.2 Å². The zero-order valence-electron chi connectivity index (χ0n) is 16.1. The van der Waals surface area contributed by atoms with Gasteiger partial charge in [-0.3, -0.25) is 9.79 Å². The van der Waals surface area contributed by atoms with E-state index in [9.17, 15) is 13.2 Å². The number of hydrogen-bond acceptors (Lipinski definition) is 8. The molecule has 8 nitrogen and oxygen atoms in total. The van der Waals surface area contributed by atoms with Crippen molar-refractivity contribution in [3.8, 4) is 0 Å². The third-order valence-corrected chi connectivity index (χ3v) is 9.51. The Bertz CT molecular complexity index is 983. The standard InChI is InChI=1S/C17H23ClN4O4S2/c1-9-5-10(26-22-9)7-20-14(23)12-6-11(18)13(27-12)17(4)8-28(24,25)16(2,3)15(19)21-17/h6,10H,5,7-8H2,1-4H3,(H2,19,21)(H,20,23)/t10?,17-/m0/s1. The zero-order chi connectivity index (χ0) is 20.9. The Balaban J connectivity index is 1.82. The number of rotatable bonds is 4. The van der Waals surface area contributed by atoms with Crippen LogP contribution in [0.1, 0.15) is 48.7 Å². The summed E-state index contributed by atoms with van der Waals surface area (Å²) >= 11 is 7.47. The van der Waals surface area contributed by atoms with Crippen LogP contribution in [0.5, 0.6) is 0 Å². The molecule has 2 atom stereocenters. The lowest BCUT2D eigenvalue weighted by Gasteiger charge is -2.37. The first-order valence-corrected chi connectivity index (χ1v) is 11.6. The topological polar surface area (TPSA) is 123 Å². The molecule has 2 aliphatic rings. The molecule has 0 aromatic carbocycles. The van der Waals surface area contributed by atoms with Gasteiger partial charge in [0.1, 0.15) is 22.2 Å². The van der Waals surface area contributed by atoms with E-state index in [1.807, 2.05) is 6.92 Å². The smallest absolute Gasteiger partial charge is 0.261 e. The van der Waals surface area contributed by atoms with Crippen molar-refractivity contribution in [3.05, 3.63) is 20.8 Å². The molecule has 0 radical (unpaired) electrons. The van der Waals surface area contributed by atoms with Crippen LogP contribution in [0.2, 0.25) is 5.02 Å². The molecule has 154 valence electrons. The molecular weight excluding hydrogens is 424 g/mol. The summed E-state index contributed by atoms with van der Waals surface area (Å²) in [5.41, 5.74) is 5.71. The number of thiophene rings is 1. The number of aliphatic imine (C=N–C) groups is 1. The molecular formula is C17H23ClN4O4S2. The van der Waals surface area contributed by atoms with Crippen LogP contribution in [0.25, 0.3) is 0 Å². The molecule has 3 N–H and O–H groups in total. The van der Waals surface area contributed by atoms with Gasteiger partial charge in [-0.15, -0.1) is 11.3 Å². The Hall–Kier alpha value is -1.65. The summed E-state index contributed by atoms with van der Waals surface area (Å²) in [6.45, 7) is 6.91. The Morgan fingerprint density at radius 2 is 2.14 bits per heavy atom. The average Bonchev–Trinajstić information content (AvgIpc) is 3.16.